The zero-order valence-electron chi connectivity index (χ0n) is 14.0. The van der Waals surface area contributed by atoms with Gasteiger partial charge >= 0.3 is 0 Å². The number of para-hydroxylation sites is 2. The lowest BCUT2D eigenvalue weighted by molar-refractivity contribution is 0.198. The average Bonchev–Trinajstić information content (AvgIpc) is 2.59. The van der Waals surface area contributed by atoms with Crippen molar-refractivity contribution in [2.75, 3.05) is 24.6 Å². The molecule has 128 valence electrons. The quantitative estimate of drug-likeness (QED) is 0.924. The van der Waals surface area contributed by atoms with Crippen molar-refractivity contribution in [1.82, 2.24) is 0 Å². The molecule has 1 heterocycles. The molecule has 2 unspecified atom stereocenters. The Labute approximate surface area is 144 Å². The molecular formula is C18H21NO4S. The molecule has 3 rings (SSSR count). The number of nitrogens with zero attached hydrogens (tertiary/aromatic N) is 1. The van der Waals surface area contributed by atoms with Crippen LogP contribution in [0.1, 0.15) is 11.1 Å². The number of hydrogen-bond acceptors (Lipinski definition) is 4. The van der Waals surface area contributed by atoms with Crippen LogP contribution in [0.4, 0.5) is 5.69 Å². The third-order valence-corrected chi connectivity index (χ3v) is 5.94. The summed E-state index contributed by atoms with van der Waals surface area (Å²) >= 11 is 0. The van der Waals surface area contributed by atoms with Crippen molar-refractivity contribution < 1.29 is 18.8 Å². The van der Waals surface area contributed by atoms with Crippen molar-refractivity contribution in [3.05, 3.63) is 47.5 Å². The van der Waals surface area contributed by atoms with Crippen LogP contribution in [-0.2, 0) is 11.0 Å². The Morgan fingerprint density at radius 2 is 1.96 bits per heavy atom. The van der Waals surface area contributed by atoms with Crippen molar-refractivity contribution in [3.8, 4) is 11.5 Å². The highest BCUT2D eigenvalue weighted by atomic mass is 32.2. The number of benzene rings is 2. The van der Waals surface area contributed by atoms with Gasteiger partial charge in [-0.1, -0.05) is 12.1 Å². The maximum Gasteiger partial charge on any atom is 0.154 e. The van der Waals surface area contributed by atoms with Gasteiger partial charge in [-0.05, 0) is 49.2 Å². The van der Waals surface area contributed by atoms with Crippen LogP contribution in [0.25, 0.3) is 0 Å². The lowest BCUT2D eigenvalue weighted by atomic mass is 10.1. The van der Waals surface area contributed by atoms with Gasteiger partial charge < -0.3 is 14.6 Å². The van der Waals surface area contributed by atoms with E-state index in [0.29, 0.717) is 12.4 Å². The molecule has 0 aromatic heterocycles. The van der Waals surface area contributed by atoms with Crippen molar-refractivity contribution in [1.29, 1.82) is 0 Å². The molecule has 2 aromatic rings. The Morgan fingerprint density at radius 1 is 1.29 bits per heavy atom. The van der Waals surface area contributed by atoms with E-state index >= 15 is 0 Å². The third kappa shape index (κ3) is 2.87. The normalized spacial score (nSPS) is 17.8. The first kappa shape index (κ1) is 16.8. The number of fused-ring (bicyclic) bond motifs is 1. The maximum atomic E-state index is 13.4. The summed E-state index contributed by atoms with van der Waals surface area (Å²) in [4.78, 5) is 0.742. The fraction of sp³-hybridized carbons (Fsp3) is 0.333. The molecule has 0 saturated heterocycles. The number of rotatable bonds is 4. The highest BCUT2D eigenvalue weighted by Gasteiger charge is 2.33. The Bertz CT molecular complexity index is 754. The number of ether oxygens (including phenoxy) is 2. The number of aliphatic hydroxyl groups excluding tert-OH is 1. The van der Waals surface area contributed by atoms with Gasteiger partial charge in [-0.25, -0.2) is 4.21 Å². The Balaban J connectivity index is 2.09. The average molecular weight is 347 g/mol. The molecule has 1 aliphatic heterocycles. The van der Waals surface area contributed by atoms with Crippen LogP contribution in [0.3, 0.4) is 0 Å². The summed E-state index contributed by atoms with van der Waals surface area (Å²) < 4.78 is 26.1. The van der Waals surface area contributed by atoms with E-state index in [0.717, 1.165) is 27.5 Å². The zero-order valence-corrected chi connectivity index (χ0v) is 14.8. The summed E-state index contributed by atoms with van der Waals surface area (Å²) in [6.45, 7) is 4.01. The van der Waals surface area contributed by atoms with Gasteiger partial charge in [0, 0.05) is 0 Å². The van der Waals surface area contributed by atoms with E-state index in [9.17, 15) is 9.32 Å². The molecule has 6 heteroatoms. The minimum atomic E-state index is -1.46. The molecule has 0 aliphatic carbocycles. The summed E-state index contributed by atoms with van der Waals surface area (Å²) in [6.07, 6.45) is 0. The van der Waals surface area contributed by atoms with E-state index in [2.05, 4.69) is 0 Å². The lowest BCUT2D eigenvalue weighted by Gasteiger charge is -2.36. The van der Waals surface area contributed by atoms with Crippen LogP contribution in [0.5, 0.6) is 11.5 Å². The topological polar surface area (TPSA) is 59.0 Å². The summed E-state index contributed by atoms with van der Waals surface area (Å²) in [5.74, 6) is 1.42. The molecule has 1 aliphatic rings. The minimum Gasteiger partial charge on any atom is -0.497 e. The van der Waals surface area contributed by atoms with E-state index in [1.54, 1.807) is 11.4 Å². The molecule has 5 nitrogen and oxygen atoms in total. The Morgan fingerprint density at radius 3 is 2.58 bits per heavy atom. The van der Waals surface area contributed by atoms with E-state index < -0.39 is 11.0 Å². The first-order chi connectivity index (χ1) is 11.6. The molecule has 0 spiro atoms. The smallest absolute Gasteiger partial charge is 0.154 e. The number of methoxy groups -OCH3 is 1. The first-order valence-electron chi connectivity index (χ1n) is 7.76. The second kappa shape index (κ2) is 6.83. The molecule has 0 radical (unpaired) electrons. The standard InChI is InChI=1S/C18H21NO4S/c1-12-8-15(22-3)9-13(2)18(12)24(21)19-14(10-20)11-23-17-7-5-4-6-16(17)19/h4-9,14,20H,10-11H2,1-3H3. The molecule has 24 heavy (non-hydrogen) atoms. The number of anilines is 1. The van der Waals surface area contributed by atoms with E-state index in [1.807, 2.05) is 50.2 Å². The van der Waals surface area contributed by atoms with Crippen LogP contribution in [0.15, 0.2) is 41.3 Å². The third-order valence-electron chi connectivity index (χ3n) is 4.10. The monoisotopic (exact) mass is 347 g/mol. The molecule has 1 N–H and O–H groups in total. The molecule has 0 fully saturated rings. The SMILES string of the molecule is COc1cc(C)c(S(=O)N2c3ccccc3OCC2CO)c(C)c1. The molecule has 0 amide bonds. The number of aryl methyl sites for hydroxylation is 2. The van der Waals surface area contributed by atoms with Gasteiger partial charge in [0.1, 0.15) is 24.1 Å². The van der Waals surface area contributed by atoms with Crippen LogP contribution in [0.2, 0.25) is 0 Å². The largest absolute Gasteiger partial charge is 0.497 e. The van der Waals surface area contributed by atoms with Gasteiger partial charge in [-0.3, -0.25) is 4.31 Å². The maximum absolute atomic E-state index is 13.4. The highest BCUT2D eigenvalue weighted by molar-refractivity contribution is 7.86. The van der Waals surface area contributed by atoms with Crippen LogP contribution < -0.4 is 13.8 Å². The summed E-state index contributed by atoms with van der Waals surface area (Å²) in [7, 11) is 0.159. The molecule has 0 saturated carbocycles. The second-order valence-corrected chi connectivity index (χ2v) is 7.08. The lowest BCUT2D eigenvalue weighted by Crippen LogP contribution is -2.46. The molecule has 2 aromatic carbocycles. The Kier molecular flexibility index (Phi) is 4.78. The molecular weight excluding hydrogens is 326 g/mol. The van der Waals surface area contributed by atoms with Crippen molar-refractivity contribution >= 4 is 16.7 Å². The predicted molar refractivity (Wildman–Crippen MR) is 94.2 cm³/mol. The van der Waals surface area contributed by atoms with Gasteiger partial charge in [0.05, 0.1) is 24.3 Å². The fourth-order valence-corrected chi connectivity index (χ4v) is 4.56. The molecule has 0 bridgehead atoms. The van der Waals surface area contributed by atoms with Crippen LogP contribution in [-0.4, -0.2) is 35.7 Å². The van der Waals surface area contributed by atoms with Gasteiger partial charge in [-0.2, -0.15) is 0 Å². The van der Waals surface area contributed by atoms with Crippen molar-refractivity contribution in [2.24, 2.45) is 0 Å². The van der Waals surface area contributed by atoms with Gasteiger partial charge in [0.25, 0.3) is 0 Å². The van der Waals surface area contributed by atoms with E-state index in [4.69, 9.17) is 9.47 Å². The number of hydrogen-bond donors (Lipinski definition) is 1. The van der Waals surface area contributed by atoms with Gasteiger partial charge in [-0.15, -0.1) is 0 Å². The van der Waals surface area contributed by atoms with E-state index in [1.165, 1.54) is 0 Å². The van der Waals surface area contributed by atoms with Crippen LogP contribution >= 0.6 is 0 Å². The first-order valence-corrected chi connectivity index (χ1v) is 8.86. The summed E-state index contributed by atoms with van der Waals surface area (Å²) in [5, 5.41) is 9.73. The summed E-state index contributed by atoms with van der Waals surface area (Å²) in [6, 6.07) is 10.9. The Hall–Kier alpha value is -2.05. The zero-order chi connectivity index (χ0) is 17.3. The molecule has 2 atom stereocenters. The fourth-order valence-electron chi connectivity index (χ4n) is 2.97. The second-order valence-electron chi connectivity index (χ2n) is 5.78. The number of aliphatic hydroxyl groups is 1. The van der Waals surface area contributed by atoms with Crippen LogP contribution in [0, 0.1) is 13.8 Å². The minimum absolute atomic E-state index is 0.131. The van der Waals surface area contributed by atoms with Gasteiger partial charge in [0.15, 0.2) is 11.0 Å². The highest BCUT2D eigenvalue weighted by Crippen LogP contribution is 2.37. The van der Waals surface area contributed by atoms with Crippen molar-refractivity contribution in [3.63, 3.8) is 0 Å². The van der Waals surface area contributed by atoms with E-state index in [-0.39, 0.29) is 12.6 Å². The van der Waals surface area contributed by atoms with Crippen molar-refractivity contribution in [2.45, 2.75) is 24.8 Å². The predicted octanol–water partition coefficient (Wildman–Crippen LogP) is 2.59. The van der Waals surface area contributed by atoms with Gasteiger partial charge in [0.2, 0.25) is 0 Å². The summed E-state index contributed by atoms with van der Waals surface area (Å²) in [5.41, 5.74) is 2.52.